The summed E-state index contributed by atoms with van der Waals surface area (Å²) in [4.78, 5) is 12.5. The van der Waals surface area contributed by atoms with Gasteiger partial charge in [-0.1, -0.05) is 24.6 Å². The van der Waals surface area contributed by atoms with Crippen molar-refractivity contribution in [2.75, 3.05) is 5.32 Å². The monoisotopic (exact) mass is 409 g/mol. The number of anilines is 1. The molecule has 0 atom stereocenters. The van der Waals surface area contributed by atoms with Crippen molar-refractivity contribution in [1.82, 2.24) is 9.78 Å². The maximum atomic E-state index is 14.1. The number of rotatable bonds is 6. The first-order valence-electron chi connectivity index (χ1n) is 9.86. The molecule has 4 rings (SSSR count). The van der Waals surface area contributed by atoms with E-state index in [9.17, 15) is 22.4 Å². The molecule has 2 aromatic rings. The van der Waals surface area contributed by atoms with Crippen molar-refractivity contribution in [1.29, 1.82) is 0 Å². The Morgan fingerprint density at radius 3 is 2.52 bits per heavy atom. The molecule has 4 nitrogen and oxygen atoms in total. The van der Waals surface area contributed by atoms with Gasteiger partial charge in [0.2, 0.25) is 5.91 Å². The number of nitrogens with zero attached hydrogens (tertiary/aromatic N) is 2. The summed E-state index contributed by atoms with van der Waals surface area (Å²) >= 11 is 0. The number of aryl methyl sites for hydroxylation is 1. The van der Waals surface area contributed by atoms with Gasteiger partial charge in [-0.05, 0) is 43.2 Å². The van der Waals surface area contributed by atoms with Crippen LogP contribution in [0, 0.1) is 11.2 Å². The van der Waals surface area contributed by atoms with Crippen molar-refractivity contribution < 1.29 is 22.4 Å². The molecule has 2 aliphatic rings. The van der Waals surface area contributed by atoms with Crippen LogP contribution in [0.25, 0.3) is 0 Å². The molecule has 2 aliphatic carbocycles. The van der Waals surface area contributed by atoms with Crippen molar-refractivity contribution in [3.05, 3.63) is 46.9 Å². The van der Waals surface area contributed by atoms with Crippen LogP contribution >= 0.6 is 0 Å². The van der Waals surface area contributed by atoms with Crippen LogP contribution in [0.2, 0.25) is 0 Å². The summed E-state index contributed by atoms with van der Waals surface area (Å²) in [6.07, 6.45) is -1.81. The van der Waals surface area contributed by atoms with Crippen molar-refractivity contribution in [3.63, 3.8) is 0 Å². The van der Waals surface area contributed by atoms with E-state index in [-0.39, 0.29) is 31.0 Å². The van der Waals surface area contributed by atoms with E-state index >= 15 is 0 Å². The second kappa shape index (κ2) is 7.15. The van der Waals surface area contributed by atoms with Gasteiger partial charge in [0.05, 0.1) is 11.1 Å². The predicted octanol–water partition coefficient (Wildman–Crippen LogP) is 5.09. The molecular weight excluding hydrogens is 386 g/mol. The lowest BCUT2D eigenvalue weighted by molar-refractivity contribution is -0.189. The van der Waals surface area contributed by atoms with Gasteiger partial charge in [-0.3, -0.25) is 9.48 Å². The summed E-state index contributed by atoms with van der Waals surface area (Å²) in [6.45, 7) is 0. The van der Waals surface area contributed by atoms with E-state index in [1.165, 1.54) is 10.7 Å². The lowest BCUT2D eigenvalue weighted by Gasteiger charge is -2.27. The van der Waals surface area contributed by atoms with E-state index in [2.05, 4.69) is 10.4 Å². The van der Waals surface area contributed by atoms with E-state index in [1.807, 2.05) is 0 Å². The van der Waals surface area contributed by atoms with Gasteiger partial charge < -0.3 is 5.32 Å². The van der Waals surface area contributed by atoms with Gasteiger partial charge in [0.15, 0.2) is 0 Å². The van der Waals surface area contributed by atoms with Crippen molar-refractivity contribution in [2.45, 2.75) is 57.0 Å². The molecule has 2 saturated carbocycles. The Balaban J connectivity index is 1.59. The van der Waals surface area contributed by atoms with Crippen LogP contribution in [0.3, 0.4) is 0 Å². The maximum absolute atomic E-state index is 14.1. The molecule has 0 spiro atoms. The van der Waals surface area contributed by atoms with Crippen LogP contribution in [0.5, 0.6) is 0 Å². The Labute approximate surface area is 166 Å². The molecule has 1 heterocycles. The summed E-state index contributed by atoms with van der Waals surface area (Å²) < 4.78 is 55.2. The SMILES string of the molecule is Cn1nc(Cc2ccccc2F)c(C2CCC2)c1NC(=O)CC1(C(F)(F)F)CC1. The number of aromatic nitrogens is 2. The highest BCUT2D eigenvalue weighted by molar-refractivity contribution is 5.91. The molecule has 0 radical (unpaired) electrons. The largest absolute Gasteiger partial charge is 0.395 e. The third-order valence-corrected chi connectivity index (χ3v) is 6.20. The molecule has 8 heteroatoms. The number of benzene rings is 1. The quantitative estimate of drug-likeness (QED) is 0.676. The number of carbonyl (C=O) groups is 1. The molecule has 1 aromatic heterocycles. The standard InChI is InChI=1S/C21H23F4N3O/c1-28-19(26-17(29)12-20(9-10-20)21(23,24)25)18(13-6-4-7-13)16(27-28)11-14-5-2-3-8-15(14)22/h2-3,5,8,13H,4,6-7,9-12H2,1H3,(H,26,29). The summed E-state index contributed by atoms with van der Waals surface area (Å²) in [5.74, 6) is -0.368. The Bertz CT molecular complexity index is 926. The highest BCUT2D eigenvalue weighted by Gasteiger charge is 2.63. The fraction of sp³-hybridized carbons (Fsp3) is 0.524. The molecule has 1 aromatic carbocycles. The molecule has 156 valence electrons. The lowest BCUT2D eigenvalue weighted by Crippen LogP contribution is -2.30. The predicted molar refractivity (Wildman–Crippen MR) is 100.0 cm³/mol. The number of carbonyl (C=O) groups excluding carboxylic acids is 1. The molecular formula is C21H23F4N3O. The number of hydrogen-bond acceptors (Lipinski definition) is 2. The van der Waals surface area contributed by atoms with Gasteiger partial charge in [0.1, 0.15) is 11.6 Å². The normalized spacial score (nSPS) is 18.4. The van der Waals surface area contributed by atoms with Crippen LogP contribution in [-0.2, 0) is 18.3 Å². The minimum absolute atomic E-state index is 0.0106. The number of alkyl halides is 3. The van der Waals surface area contributed by atoms with E-state index < -0.39 is 23.9 Å². The molecule has 0 unspecified atom stereocenters. The minimum Gasteiger partial charge on any atom is -0.311 e. The third kappa shape index (κ3) is 3.76. The second-order valence-corrected chi connectivity index (χ2v) is 8.23. The molecule has 29 heavy (non-hydrogen) atoms. The van der Waals surface area contributed by atoms with Crippen LogP contribution in [0.4, 0.5) is 23.4 Å². The van der Waals surface area contributed by atoms with Gasteiger partial charge in [-0.2, -0.15) is 18.3 Å². The van der Waals surface area contributed by atoms with Crippen LogP contribution in [-0.4, -0.2) is 21.9 Å². The maximum Gasteiger partial charge on any atom is 0.395 e. The highest BCUT2D eigenvalue weighted by Crippen LogP contribution is 2.60. The van der Waals surface area contributed by atoms with Crippen LogP contribution < -0.4 is 5.32 Å². The zero-order valence-electron chi connectivity index (χ0n) is 16.2. The summed E-state index contributed by atoms with van der Waals surface area (Å²) in [5.41, 5.74) is 0.0993. The molecule has 1 N–H and O–H groups in total. The number of halogens is 4. The zero-order valence-corrected chi connectivity index (χ0v) is 16.2. The highest BCUT2D eigenvalue weighted by atomic mass is 19.4. The smallest absolute Gasteiger partial charge is 0.311 e. The van der Waals surface area contributed by atoms with E-state index in [4.69, 9.17) is 0 Å². The fourth-order valence-corrected chi connectivity index (χ4v) is 4.02. The first kappa shape index (κ1) is 19.9. The van der Waals surface area contributed by atoms with Crippen LogP contribution in [0.1, 0.15) is 61.3 Å². The van der Waals surface area contributed by atoms with Crippen molar-refractivity contribution in [2.24, 2.45) is 12.5 Å². The Morgan fingerprint density at radius 2 is 1.97 bits per heavy atom. The van der Waals surface area contributed by atoms with Gasteiger partial charge in [0.25, 0.3) is 0 Å². The van der Waals surface area contributed by atoms with Crippen molar-refractivity contribution >= 4 is 11.7 Å². The van der Waals surface area contributed by atoms with Gasteiger partial charge in [-0.25, -0.2) is 4.39 Å². The number of hydrogen-bond donors (Lipinski definition) is 1. The first-order valence-corrected chi connectivity index (χ1v) is 9.86. The summed E-state index contributed by atoms with van der Waals surface area (Å²) in [5, 5.41) is 7.16. The lowest BCUT2D eigenvalue weighted by atomic mass is 9.79. The number of nitrogens with one attached hydrogen (secondary N) is 1. The average molecular weight is 409 g/mol. The Kier molecular flexibility index (Phi) is 4.91. The molecule has 0 bridgehead atoms. The second-order valence-electron chi connectivity index (χ2n) is 8.23. The van der Waals surface area contributed by atoms with E-state index in [1.54, 1.807) is 25.2 Å². The first-order chi connectivity index (χ1) is 13.7. The zero-order chi connectivity index (χ0) is 20.8. The van der Waals surface area contributed by atoms with Gasteiger partial charge in [-0.15, -0.1) is 0 Å². The van der Waals surface area contributed by atoms with E-state index in [0.717, 1.165) is 24.8 Å². The van der Waals surface area contributed by atoms with Crippen LogP contribution in [0.15, 0.2) is 24.3 Å². The van der Waals surface area contributed by atoms with Gasteiger partial charge in [0, 0.05) is 25.5 Å². The van der Waals surface area contributed by atoms with E-state index in [0.29, 0.717) is 17.1 Å². The summed E-state index contributed by atoms with van der Waals surface area (Å²) in [7, 11) is 1.65. The summed E-state index contributed by atoms with van der Waals surface area (Å²) in [6, 6.07) is 6.44. The number of amides is 1. The Morgan fingerprint density at radius 1 is 1.28 bits per heavy atom. The van der Waals surface area contributed by atoms with Crippen molar-refractivity contribution in [3.8, 4) is 0 Å². The molecule has 2 fully saturated rings. The molecule has 0 aliphatic heterocycles. The Hall–Kier alpha value is -2.38. The molecule has 1 amide bonds. The minimum atomic E-state index is -4.37. The average Bonchev–Trinajstić information content (AvgIpc) is 3.32. The van der Waals surface area contributed by atoms with Gasteiger partial charge >= 0.3 is 6.18 Å². The fourth-order valence-electron chi connectivity index (χ4n) is 4.02. The third-order valence-electron chi connectivity index (χ3n) is 6.20. The molecule has 0 saturated heterocycles. The topological polar surface area (TPSA) is 46.9 Å².